The SMILES string of the molecule is CCCCCCCCCCC(CCC(CCCCCCCCCC)C(=O)O)C(=O)O. The lowest BCUT2D eigenvalue weighted by Gasteiger charge is -2.16. The first-order valence-corrected chi connectivity index (χ1v) is 13.0. The van der Waals surface area contributed by atoms with E-state index in [9.17, 15) is 19.8 Å². The zero-order valence-electron chi connectivity index (χ0n) is 20.0. The first-order chi connectivity index (χ1) is 14.5. The standard InChI is InChI=1S/C26H50O4/c1-3-5-7-9-11-13-15-17-19-23(25(27)28)21-22-24(26(29)30)20-18-16-14-12-10-8-6-4-2/h23-24H,3-22H2,1-2H3,(H,27,28)(H,29,30). The molecule has 0 fully saturated rings. The van der Waals surface area contributed by atoms with Crippen molar-refractivity contribution in [2.75, 3.05) is 0 Å². The van der Waals surface area contributed by atoms with Gasteiger partial charge in [-0.25, -0.2) is 0 Å². The second kappa shape index (κ2) is 21.2. The summed E-state index contributed by atoms with van der Waals surface area (Å²) in [5, 5.41) is 19.0. The molecule has 0 bridgehead atoms. The Labute approximate surface area is 186 Å². The van der Waals surface area contributed by atoms with Crippen molar-refractivity contribution in [2.24, 2.45) is 11.8 Å². The molecule has 2 unspecified atom stereocenters. The highest BCUT2D eigenvalue weighted by Crippen LogP contribution is 2.23. The number of hydrogen-bond donors (Lipinski definition) is 2. The molecule has 0 saturated heterocycles. The summed E-state index contributed by atoms with van der Waals surface area (Å²) < 4.78 is 0. The lowest BCUT2D eigenvalue weighted by molar-refractivity contribution is -0.145. The summed E-state index contributed by atoms with van der Waals surface area (Å²) >= 11 is 0. The van der Waals surface area contributed by atoms with Crippen LogP contribution in [-0.2, 0) is 9.59 Å². The maximum Gasteiger partial charge on any atom is 0.306 e. The van der Waals surface area contributed by atoms with E-state index in [0.29, 0.717) is 25.7 Å². The molecule has 0 aromatic heterocycles. The minimum Gasteiger partial charge on any atom is -0.481 e. The zero-order valence-corrected chi connectivity index (χ0v) is 20.0. The fourth-order valence-electron chi connectivity index (χ4n) is 4.23. The molecule has 2 N–H and O–H groups in total. The van der Waals surface area contributed by atoms with Crippen LogP contribution in [0.1, 0.15) is 142 Å². The Balaban J connectivity index is 3.97. The van der Waals surface area contributed by atoms with E-state index >= 15 is 0 Å². The average molecular weight is 427 g/mol. The molecule has 4 heteroatoms. The van der Waals surface area contributed by atoms with Crippen molar-refractivity contribution in [3.8, 4) is 0 Å². The van der Waals surface area contributed by atoms with Crippen molar-refractivity contribution in [2.45, 2.75) is 142 Å². The second-order valence-corrected chi connectivity index (χ2v) is 9.17. The summed E-state index contributed by atoms with van der Waals surface area (Å²) in [7, 11) is 0. The van der Waals surface area contributed by atoms with Gasteiger partial charge in [0.25, 0.3) is 0 Å². The third-order valence-corrected chi connectivity index (χ3v) is 6.37. The van der Waals surface area contributed by atoms with Crippen molar-refractivity contribution < 1.29 is 19.8 Å². The van der Waals surface area contributed by atoms with Crippen LogP contribution in [0.3, 0.4) is 0 Å². The topological polar surface area (TPSA) is 74.6 Å². The minimum absolute atomic E-state index is 0.384. The maximum absolute atomic E-state index is 11.6. The molecule has 0 aliphatic heterocycles. The van der Waals surface area contributed by atoms with Crippen LogP contribution in [0.5, 0.6) is 0 Å². The summed E-state index contributed by atoms with van der Waals surface area (Å²) in [5.41, 5.74) is 0. The van der Waals surface area contributed by atoms with Crippen LogP contribution in [0, 0.1) is 11.8 Å². The van der Waals surface area contributed by atoms with Crippen LogP contribution in [0.2, 0.25) is 0 Å². The Bertz CT molecular complexity index is 370. The fourth-order valence-corrected chi connectivity index (χ4v) is 4.23. The highest BCUT2D eigenvalue weighted by atomic mass is 16.4. The second-order valence-electron chi connectivity index (χ2n) is 9.17. The van der Waals surface area contributed by atoms with Gasteiger partial charge in [-0.2, -0.15) is 0 Å². The molecule has 0 aromatic rings. The van der Waals surface area contributed by atoms with E-state index in [1.54, 1.807) is 0 Å². The van der Waals surface area contributed by atoms with Gasteiger partial charge in [0.15, 0.2) is 0 Å². The molecule has 0 heterocycles. The Hall–Kier alpha value is -1.06. The van der Waals surface area contributed by atoms with Crippen molar-refractivity contribution in [3.63, 3.8) is 0 Å². The number of hydrogen-bond acceptors (Lipinski definition) is 2. The summed E-state index contributed by atoms with van der Waals surface area (Å²) in [5.74, 6) is -2.28. The molecule has 0 aliphatic rings. The van der Waals surface area contributed by atoms with Crippen LogP contribution in [0.15, 0.2) is 0 Å². The predicted octanol–water partition coefficient (Wildman–Crippen LogP) is 8.23. The van der Waals surface area contributed by atoms with Gasteiger partial charge >= 0.3 is 11.9 Å². The molecule has 2 atom stereocenters. The number of carboxylic acids is 2. The summed E-state index contributed by atoms with van der Waals surface area (Å²) in [4.78, 5) is 23.2. The Kier molecular flexibility index (Phi) is 20.4. The molecule has 0 spiro atoms. The summed E-state index contributed by atoms with van der Waals surface area (Å²) in [6, 6.07) is 0. The maximum atomic E-state index is 11.6. The van der Waals surface area contributed by atoms with Gasteiger partial charge in [-0.05, 0) is 25.7 Å². The Morgan fingerprint density at radius 3 is 1.00 bits per heavy atom. The fraction of sp³-hybridized carbons (Fsp3) is 0.923. The number of unbranched alkanes of at least 4 members (excludes halogenated alkanes) is 14. The smallest absolute Gasteiger partial charge is 0.306 e. The zero-order chi connectivity index (χ0) is 22.5. The molecular formula is C26H50O4. The van der Waals surface area contributed by atoms with Crippen molar-refractivity contribution in [1.82, 2.24) is 0 Å². The van der Waals surface area contributed by atoms with Crippen LogP contribution in [0.4, 0.5) is 0 Å². The van der Waals surface area contributed by atoms with Gasteiger partial charge in [-0.15, -0.1) is 0 Å². The van der Waals surface area contributed by atoms with Gasteiger partial charge in [-0.3, -0.25) is 9.59 Å². The van der Waals surface area contributed by atoms with E-state index in [1.807, 2.05) is 0 Å². The number of aliphatic carboxylic acids is 2. The van der Waals surface area contributed by atoms with Crippen LogP contribution in [-0.4, -0.2) is 22.2 Å². The van der Waals surface area contributed by atoms with E-state index in [4.69, 9.17) is 0 Å². The highest BCUT2D eigenvalue weighted by molar-refractivity contribution is 5.71. The molecule has 0 aliphatic carbocycles. The number of rotatable bonds is 23. The van der Waals surface area contributed by atoms with Gasteiger partial charge in [0.2, 0.25) is 0 Å². The van der Waals surface area contributed by atoms with Crippen LogP contribution in [0.25, 0.3) is 0 Å². The van der Waals surface area contributed by atoms with E-state index in [2.05, 4.69) is 13.8 Å². The average Bonchev–Trinajstić information content (AvgIpc) is 2.71. The molecule has 178 valence electrons. The molecule has 30 heavy (non-hydrogen) atoms. The molecule has 0 radical (unpaired) electrons. The summed E-state index contributed by atoms with van der Waals surface area (Å²) in [6.45, 7) is 4.44. The largest absolute Gasteiger partial charge is 0.481 e. The molecule has 0 aromatic carbocycles. The van der Waals surface area contributed by atoms with Crippen molar-refractivity contribution >= 4 is 11.9 Å². The quantitative estimate of drug-likeness (QED) is 0.161. The lowest BCUT2D eigenvalue weighted by atomic mass is 9.89. The molecule has 0 saturated carbocycles. The normalized spacial score (nSPS) is 13.3. The summed E-state index contributed by atoms with van der Waals surface area (Å²) in [6.07, 6.45) is 21.7. The van der Waals surface area contributed by atoms with Gasteiger partial charge < -0.3 is 10.2 Å². The van der Waals surface area contributed by atoms with Gasteiger partial charge in [0.05, 0.1) is 11.8 Å². The van der Waals surface area contributed by atoms with Crippen LogP contribution >= 0.6 is 0 Å². The van der Waals surface area contributed by atoms with E-state index in [-0.39, 0.29) is 11.8 Å². The highest BCUT2D eigenvalue weighted by Gasteiger charge is 2.22. The number of carboxylic acid groups (broad SMARTS) is 2. The van der Waals surface area contributed by atoms with Gasteiger partial charge in [0.1, 0.15) is 0 Å². The first-order valence-electron chi connectivity index (χ1n) is 13.0. The third-order valence-electron chi connectivity index (χ3n) is 6.37. The Morgan fingerprint density at radius 2 is 0.733 bits per heavy atom. The lowest BCUT2D eigenvalue weighted by Crippen LogP contribution is -2.19. The minimum atomic E-state index is -0.755. The number of carbonyl (C=O) groups is 2. The van der Waals surface area contributed by atoms with Crippen LogP contribution < -0.4 is 0 Å². The van der Waals surface area contributed by atoms with Crippen molar-refractivity contribution in [1.29, 1.82) is 0 Å². The van der Waals surface area contributed by atoms with Crippen molar-refractivity contribution in [3.05, 3.63) is 0 Å². The molecule has 0 amide bonds. The van der Waals surface area contributed by atoms with E-state index in [0.717, 1.165) is 25.7 Å². The molecular weight excluding hydrogens is 376 g/mol. The monoisotopic (exact) mass is 426 g/mol. The van der Waals surface area contributed by atoms with E-state index < -0.39 is 11.9 Å². The van der Waals surface area contributed by atoms with E-state index in [1.165, 1.54) is 77.0 Å². The Morgan fingerprint density at radius 1 is 0.467 bits per heavy atom. The first kappa shape index (κ1) is 28.9. The third kappa shape index (κ3) is 17.8. The van der Waals surface area contributed by atoms with Gasteiger partial charge in [0, 0.05) is 0 Å². The predicted molar refractivity (Wildman–Crippen MR) is 126 cm³/mol. The molecule has 4 nitrogen and oxygen atoms in total. The molecule has 0 rings (SSSR count). The van der Waals surface area contributed by atoms with Gasteiger partial charge in [-0.1, -0.05) is 117 Å².